The molecular weight excluding hydrogens is 208 g/mol. The zero-order valence-electron chi connectivity index (χ0n) is 10.4. The molecule has 1 saturated heterocycles. The van der Waals surface area contributed by atoms with Gasteiger partial charge in [-0.05, 0) is 36.8 Å². The Morgan fingerprint density at radius 3 is 2.59 bits per heavy atom. The van der Waals surface area contributed by atoms with Crippen molar-refractivity contribution in [3.05, 3.63) is 24.3 Å². The maximum absolute atomic E-state index is 6.08. The first-order valence-corrected chi connectivity index (χ1v) is 6.94. The standard InChI is InChI=1S/C15H22N2/c16-14-7-3-4-8-15(14)17-10-9-12-5-1-2-6-13(12)11-17/h3-4,7-8,12-13H,1-2,5-6,9-11,16H2. The summed E-state index contributed by atoms with van der Waals surface area (Å²) in [5.41, 5.74) is 8.26. The second-order valence-electron chi connectivity index (χ2n) is 5.60. The fourth-order valence-electron chi connectivity index (χ4n) is 3.60. The number of hydrogen-bond donors (Lipinski definition) is 1. The van der Waals surface area contributed by atoms with E-state index in [1.54, 1.807) is 0 Å². The van der Waals surface area contributed by atoms with Gasteiger partial charge in [0.05, 0.1) is 11.4 Å². The first-order chi connectivity index (χ1) is 8.34. The van der Waals surface area contributed by atoms with Crippen molar-refractivity contribution >= 4 is 11.4 Å². The summed E-state index contributed by atoms with van der Waals surface area (Å²) in [6.45, 7) is 2.41. The molecular formula is C15H22N2. The van der Waals surface area contributed by atoms with Gasteiger partial charge in [-0.1, -0.05) is 31.4 Å². The maximum Gasteiger partial charge on any atom is 0.0600 e. The minimum absolute atomic E-state index is 0.914. The van der Waals surface area contributed by atoms with Crippen molar-refractivity contribution in [1.82, 2.24) is 0 Å². The second kappa shape index (κ2) is 4.59. The van der Waals surface area contributed by atoms with Crippen LogP contribution in [0.15, 0.2) is 24.3 Å². The van der Waals surface area contributed by atoms with E-state index >= 15 is 0 Å². The Hall–Kier alpha value is -1.18. The van der Waals surface area contributed by atoms with E-state index in [1.807, 2.05) is 12.1 Å². The average molecular weight is 230 g/mol. The molecule has 2 unspecified atom stereocenters. The monoisotopic (exact) mass is 230 g/mol. The van der Waals surface area contributed by atoms with Crippen molar-refractivity contribution in [2.24, 2.45) is 11.8 Å². The summed E-state index contributed by atoms with van der Waals surface area (Å²) in [6, 6.07) is 8.30. The highest BCUT2D eigenvalue weighted by Gasteiger charge is 2.31. The van der Waals surface area contributed by atoms with Crippen LogP contribution in [0.4, 0.5) is 11.4 Å². The molecule has 0 bridgehead atoms. The Kier molecular flexibility index (Phi) is 2.96. The number of hydrogen-bond acceptors (Lipinski definition) is 2. The van der Waals surface area contributed by atoms with Crippen LogP contribution in [0.5, 0.6) is 0 Å². The van der Waals surface area contributed by atoms with Crippen LogP contribution >= 0.6 is 0 Å². The Bertz CT molecular complexity index is 388. The molecule has 1 aromatic carbocycles. The van der Waals surface area contributed by atoms with Crippen LogP contribution < -0.4 is 10.6 Å². The molecule has 2 nitrogen and oxygen atoms in total. The topological polar surface area (TPSA) is 29.3 Å². The van der Waals surface area contributed by atoms with Gasteiger partial charge in [0.1, 0.15) is 0 Å². The van der Waals surface area contributed by atoms with Crippen LogP contribution in [0.1, 0.15) is 32.1 Å². The number of nitrogen functional groups attached to an aromatic ring is 1. The van der Waals surface area contributed by atoms with Gasteiger partial charge in [0, 0.05) is 13.1 Å². The Morgan fingerprint density at radius 2 is 1.76 bits per heavy atom. The lowest BCUT2D eigenvalue weighted by Crippen LogP contribution is -2.42. The van der Waals surface area contributed by atoms with Gasteiger partial charge in [-0.3, -0.25) is 0 Å². The lowest BCUT2D eigenvalue weighted by Gasteiger charge is -2.42. The van der Waals surface area contributed by atoms with E-state index in [-0.39, 0.29) is 0 Å². The van der Waals surface area contributed by atoms with Crippen LogP contribution in [-0.2, 0) is 0 Å². The predicted octanol–water partition coefficient (Wildman–Crippen LogP) is 3.29. The van der Waals surface area contributed by atoms with Crippen LogP contribution in [0.2, 0.25) is 0 Å². The molecule has 92 valence electrons. The number of anilines is 2. The fraction of sp³-hybridized carbons (Fsp3) is 0.600. The van der Waals surface area contributed by atoms with Crippen molar-refractivity contribution in [2.45, 2.75) is 32.1 Å². The van der Waals surface area contributed by atoms with E-state index in [2.05, 4.69) is 17.0 Å². The number of fused-ring (bicyclic) bond motifs is 1. The quantitative estimate of drug-likeness (QED) is 0.750. The molecule has 0 radical (unpaired) electrons. The van der Waals surface area contributed by atoms with E-state index in [1.165, 1.54) is 50.9 Å². The summed E-state index contributed by atoms with van der Waals surface area (Å²) in [6.07, 6.45) is 7.13. The number of para-hydroxylation sites is 2. The normalized spacial score (nSPS) is 28.8. The van der Waals surface area contributed by atoms with Crippen LogP contribution in [0.25, 0.3) is 0 Å². The minimum Gasteiger partial charge on any atom is -0.397 e. The number of benzene rings is 1. The maximum atomic E-state index is 6.08. The van der Waals surface area contributed by atoms with E-state index < -0.39 is 0 Å². The van der Waals surface area contributed by atoms with Crippen LogP contribution in [0, 0.1) is 11.8 Å². The zero-order valence-corrected chi connectivity index (χ0v) is 10.4. The SMILES string of the molecule is Nc1ccccc1N1CCC2CCCCC2C1. The molecule has 3 rings (SSSR count). The number of nitrogens with two attached hydrogens (primary N) is 1. The molecule has 0 aromatic heterocycles. The third-order valence-corrected chi connectivity index (χ3v) is 4.57. The molecule has 1 aliphatic carbocycles. The molecule has 1 heterocycles. The van der Waals surface area contributed by atoms with Gasteiger partial charge in [-0.2, -0.15) is 0 Å². The first kappa shape index (κ1) is 10.9. The van der Waals surface area contributed by atoms with Crippen molar-refractivity contribution in [3.8, 4) is 0 Å². The van der Waals surface area contributed by atoms with Crippen molar-refractivity contribution in [3.63, 3.8) is 0 Å². The summed E-state index contributed by atoms with van der Waals surface area (Å²) in [5.74, 6) is 1.90. The summed E-state index contributed by atoms with van der Waals surface area (Å²) < 4.78 is 0. The molecule has 1 aliphatic heterocycles. The molecule has 17 heavy (non-hydrogen) atoms. The van der Waals surface area contributed by atoms with Gasteiger partial charge in [-0.15, -0.1) is 0 Å². The third-order valence-electron chi connectivity index (χ3n) is 4.57. The van der Waals surface area contributed by atoms with Gasteiger partial charge >= 0.3 is 0 Å². The van der Waals surface area contributed by atoms with Gasteiger partial charge in [0.2, 0.25) is 0 Å². The highest BCUT2D eigenvalue weighted by atomic mass is 15.1. The molecule has 2 atom stereocenters. The third kappa shape index (κ3) is 2.13. The Balaban J connectivity index is 1.76. The number of rotatable bonds is 1. The summed E-state index contributed by atoms with van der Waals surface area (Å²) >= 11 is 0. The van der Waals surface area contributed by atoms with Gasteiger partial charge in [0.15, 0.2) is 0 Å². The molecule has 0 spiro atoms. The van der Waals surface area contributed by atoms with Gasteiger partial charge in [0.25, 0.3) is 0 Å². The van der Waals surface area contributed by atoms with Gasteiger partial charge < -0.3 is 10.6 Å². The number of piperidine rings is 1. The van der Waals surface area contributed by atoms with Crippen molar-refractivity contribution < 1.29 is 0 Å². The highest BCUT2D eigenvalue weighted by molar-refractivity contribution is 5.67. The van der Waals surface area contributed by atoms with E-state index in [0.717, 1.165) is 17.5 Å². The lowest BCUT2D eigenvalue weighted by molar-refractivity contribution is 0.202. The van der Waals surface area contributed by atoms with Crippen LogP contribution in [0.3, 0.4) is 0 Å². The van der Waals surface area contributed by atoms with E-state index in [0.29, 0.717) is 0 Å². The second-order valence-corrected chi connectivity index (χ2v) is 5.60. The molecule has 2 heteroatoms. The van der Waals surface area contributed by atoms with Gasteiger partial charge in [-0.25, -0.2) is 0 Å². The lowest BCUT2D eigenvalue weighted by atomic mass is 9.75. The summed E-state index contributed by atoms with van der Waals surface area (Å²) in [5, 5.41) is 0. The molecule has 2 N–H and O–H groups in total. The number of nitrogens with zero attached hydrogens (tertiary/aromatic N) is 1. The average Bonchev–Trinajstić information content (AvgIpc) is 2.39. The predicted molar refractivity (Wildman–Crippen MR) is 73.1 cm³/mol. The first-order valence-electron chi connectivity index (χ1n) is 6.94. The minimum atomic E-state index is 0.914. The van der Waals surface area contributed by atoms with E-state index in [9.17, 15) is 0 Å². The van der Waals surface area contributed by atoms with Crippen molar-refractivity contribution in [2.75, 3.05) is 23.7 Å². The Labute approximate surface area is 104 Å². The smallest absolute Gasteiger partial charge is 0.0600 e. The molecule has 1 aromatic rings. The molecule has 2 aliphatic rings. The summed E-state index contributed by atoms with van der Waals surface area (Å²) in [4.78, 5) is 2.50. The fourth-order valence-corrected chi connectivity index (χ4v) is 3.60. The van der Waals surface area contributed by atoms with E-state index in [4.69, 9.17) is 5.73 Å². The van der Waals surface area contributed by atoms with Crippen molar-refractivity contribution in [1.29, 1.82) is 0 Å². The Morgan fingerprint density at radius 1 is 1.00 bits per heavy atom. The zero-order chi connectivity index (χ0) is 11.7. The molecule has 0 amide bonds. The van der Waals surface area contributed by atoms with Crippen LogP contribution in [-0.4, -0.2) is 13.1 Å². The summed E-state index contributed by atoms with van der Waals surface area (Å²) in [7, 11) is 0. The molecule has 2 fully saturated rings. The molecule has 1 saturated carbocycles. The highest BCUT2D eigenvalue weighted by Crippen LogP contribution is 2.38. The largest absolute Gasteiger partial charge is 0.397 e.